The Balaban J connectivity index is 2.48. The summed E-state index contributed by atoms with van der Waals surface area (Å²) >= 11 is 0. The standard InChI is InChI=1S/C22H34O6/c1-17-15-19(27-20(23)11-7-5-9-13-25-3)16-18(2)22(17)28-21(24)12-8-6-10-14-26-4/h15-16H,5-14H2,1-4H3. The maximum Gasteiger partial charge on any atom is 0.311 e. The van der Waals surface area contributed by atoms with E-state index >= 15 is 0 Å². The second kappa shape index (κ2) is 14.1. The van der Waals surface area contributed by atoms with Crippen LogP contribution in [0.25, 0.3) is 0 Å². The SMILES string of the molecule is COCCCCCC(=O)Oc1cc(C)c(OC(=O)CCCCCOC)c(C)c1. The van der Waals surface area contributed by atoms with Gasteiger partial charge >= 0.3 is 11.9 Å². The van der Waals surface area contributed by atoms with Gasteiger partial charge < -0.3 is 18.9 Å². The van der Waals surface area contributed by atoms with E-state index in [-0.39, 0.29) is 11.9 Å². The van der Waals surface area contributed by atoms with Gasteiger partial charge in [-0.3, -0.25) is 9.59 Å². The summed E-state index contributed by atoms with van der Waals surface area (Å²) in [6, 6.07) is 3.47. The number of hydrogen-bond acceptors (Lipinski definition) is 6. The number of carbonyl (C=O) groups is 2. The molecule has 158 valence electrons. The largest absolute Gasteiger partial charge is 0.427 e. The molecule has 0 aliphatic carbocycles. The molecule has 0 aliphatic rings. The normalized spacial score (nSPS) is 10.7. The highest BCUT2D eigenvalue weighted by Gasteiger charge is 2.13. The summed E-state index contributed by atoms with van der Waals surface area (Å²) in [5.41, 5.74) is 1.55. The minimum atomic E-state index is -0.253. The Labute approximate surface area is 168 Å². The van der Waals surface area contributed by atoms with Crippen molar-refractivity contribution in [1.29, 1.82) is 0 Å². The molecule has 1 rings (SSSR count). The molecule has 6 nitrogen and oxygen atoms in total. The number of methoxy groups -OCH3 is 2. The fourth-order valence-electron chi connectivity index (χ4n) is 2.86. The molecule has 6 heteroatoms. The molecule has 0 N–H and O–H groups in total. The molecular formula is C22H34O6. The lowest BCUT2D eigenvalue weighted by Gasteiger charge is -2.13. The highest BCUT2D eigenvalue weighted by molar-refractivity contribution is 5.74. The predicted octanol–water partition coefficient (Wildman–Crippen LogP) is 4.53. The van der Waals surface area contributed by atoms with Crippen LogP contribution in [0.4, 0.5) is 0 Å². The zero-order valence-electron chi connectivity index (χ0n) is 17.7. The molecule has 0 radical (unpaired) electrons. The second-order valence-corrected chi connectivity index (χ2v) is 6.94. The van der Waals surface area contributed by atoms with Crippen molar-refractivity contribution in [3.05, 3.63) is 23.3 Å². The quantitative estimate of drug-likeness (QED) is 0.262. The minimum absolute atomic E-state index is 0.246. The Morgan fingerprint density at radius 3 is 1.64 bits per heavy atom. The zero-order chi connectivity index (χ0) is 20.8. The number of aryl methyl sites for hydroxylation is 2. The highest BCUT2D eigenvalue weighted by atomic mass is 16.5. The van der Waals surface area contributed by atoms with E-state index < -0.39 is 0 Å². The summed E-state index contributed by atoms with van der Waals surface area (Å²) in [5.74, 6) is 0.527. The van der Waals surface area contributed by atoms with Crippen LogP contribution in [0.15, 0.2) is 12.1 Å². The van der Waals surface area contributed by atoms with Crippen molar-refractivity contribution in [3.63, 3.8) is 0 Å². The van der Waals surface area contributed by atoms with E-state index in [1.807, 2.05) is 13.8 Å². The second-order valence-electron chi connectivity index (χ2n) is 6.94. The van der Waals surface area contributed by atoms with E-state index in [9.17, 15) is 9.59 Å². The fourth-order valence-corrected chi connectivity index (χ4v) is 2.86. The number of benzene rings is 1. The van der Waals surface area contributed by atoms with Gasteiger partial charge in [0, 0.05) is 40.3 Å². The van der Waals surface area contributed by atoms with Crippen molar-refractivity contribution in [2.45, 2.75) is 65.2 Å². The zero-order valence-corrected chi connectivity index (χ0v) is 17.7. The Morgan fingerprint density at radius 2 is 1.18 bits per heavy atom. The van der Waals surface area contributed by atoms with Gasteiger partial charge in [-0.25, -0.2) is 0 Å². The third-order valence-electron chi connectivity index (χ3n) is 4.34. The lowest BCUT2D eigenvalue weighted by molar-refractivity contribution is -0.135. The summed E-state index contributed by atoms with van der Waals surface area (Å²) in [5, 5.41) is 0. The molecule has 0 saturated carbocycles. The van der Waals surface area contributed by atoms with Gasteiger partial charge in [0.1, 0.15) is 11.5 Å². The van der Waals surface area contributed by atoms with Crippen LogP contribution in [0.1, 0.15) is 62.5 Å². The number of esters is 2. The van der Waals surface area contributed by atoms with Crippen LogP contribution in [-0.2, 0) is 19.1 Å². The molecule has 0 aromatic heterocycles. The monoisotopic (exact) mass is 394 g/mol. The maximum atomic E-state index is 12.1. The van der Waals surface area contributed by atoms with Gasteiger partial charge in [-0.2, -0.15) is 0 Å². The van der Waals surface area contributed by atoms with Crippen LogP contribution in [0.3, 0.4) is 0 Å². The lowest BCUT2D eigenvalue weighted by Crippen LogP contribution is -2.11. The van der Waals surface area contributed by atoms with Crippen molar-refractivity contribution in [2.75, 3.05) is 27.4 Å². The van der Waals surface area contributed by atoms with Gasteiger partial charge in [-0.1, -0.05) is 12.8 Å². The van der Waals surface area contributed by atoms with Gasteiger partial charge in [-0.05, 0) is 62.8 Å². The smallest absolute Gasteiger partial charge is 0.311 e. The van der Waals surface area contributed by atoms with Gasteiger partial charge in [-0.15, -0.1) is 0 Å². The first-order valence-electron chi connectivity index (χ1n) is 9.98. The Morgan fingerprint density at radius 1 is 0.714 bits per heavy atom. The topological polar surface area (TPSA) is 71.1 Å². The predicted molar refractivity (Wildman–Crippen MR) is 108 cm³/mol. The van der Waals surface area contributed by atoms with Crippen molar-refractivity contribution < 1.29 is 28.5 Å². The number of hydrogen-bond donors (Lipinski definition) is 0. The minimum Gasteiger partial charge on any atom is -0.427 e. The molecule has 0 bridgehead atoms. The molecule has 0 fully saturated rings. The molecule has 1 aromatic rings. The molecular weight excluding hydrogens is 360 g/mol. The molecule has 0 atom stereocenters. The number of ether oxygens (including phenoxy) is 4. The molecule has 0 spiro atoms. The van der Waals surface area contributed by atoms with Crippen molar-refractivity contribution in [3.8, 4) is 11.5 Å². The molecule has 0 aliphatic heterocycles. The van der Waals surface area contributed by atoms with Crippen LogP contribution < -0.4 is 9.47 Å². The molecule has 0 heterocycles. The van der Waals surface area contributed by atoms with Crippen LogP contribution in [-0.4, -0.2) is 39.4 Å². The Kier molecular flexibility index (Phi) is 12.2. The van der Waals surface area contributed by atoms with Crippen molar-refractivity contribution in [1.82, 2.24) is 0 Å². The van der Waals surface area contributed by atoms with Crippen molar-refractivity contribution >= 4 is 11.9 Å². The average Bonchev–Trinajstić information content (AvgIpc) is 2.64. The Bertz CT molecular complexity index is 588. The van der Waals surface area contributed by atoms with E-state index in [1.165, 1.54) is 0 Å². The van der Waals surface area contributed by atoms with E-state index in [1.54, 1.807) is 26.4 Å². The molecule has 1 aromatic carbocycles. The van der Waals surface area contributed by atoms with Crippen LogP contribution >= 0.6 is 0 Å². The van der Waals surface area contributed by atoms with E-state index in [4.69, 9.17) is 18.9 Å². The highest BCUT2D eigenvalue weighted by Crippen LogP contribution is 2.29. The van der Waals surface area contributed by atoms with E-state index in [2.05, 4.69) is 0 Å². The third kappa shape index (κ3) is 9.85. The lowest BCUT2D eigenvalue weighted by atomic mass is 10.1. The summed E-state index contributed by atoms with van der Waals surface area (Å²) in [4.78, 5) is 24.0. The van der Waals surface area contributed by atoms with Crippen LogP contribution in [0.2, 0.25) is 0 Å². The Hall–Kier alpha value is -1.92. The summed E-state index contributed by atoms with van der Waals surface area (Å²) in [7, 11) is 3.34. The maximum absolute atomic E-state index is 12.1. The summed E-state index contributed by atoms with van der Waals surface area (Å²) in [6.07, 6.45) is 6.05. The average molecular weight is 395 g/mol. The molecule has 28 heavy (non-hydrogen) atoms. The van der Waals surface area contributed by atoms with Crippen molar-refractivity contribution in [2.24, 2.45) is 0 Å². The number of carbonyl (C=O) groups excluding carboxylic acids is 2. The molecule has 0 amide bonds. The van der Waals surface area contributed by atoms with Gasteiger partial charge in [0.05, 0.1) is 0 Å². The van der Waals surface area contributed by atoms with Crippen LogP contribution in [0, 0.1) is 13.8 Å². The first kappa shape index (κ1) is 24.1. The van der Waals surface area contributed by atoms with Gasteiger partial charge in [0.15, 0.2) is 0 Å². The number of unbranched alkanes of at least 4 members (excludes halogenated alkanes) is 4. The molecule has 0 saturated heterocycles. The van der Waals surface area contributed by atoms with Gasteiger partial charge in [0.2, 0.25) is 0 Å². The first-order valence-corrected chi connectivity index (χ1v) is 9.98. The first-order chi connectivity index (χ1) is 13.5. The van der Waals surface area contributed by atoms with Gasteiger partial charge in [0.25, 0.3) is 0 Å². The van der Waals surface area contributed by atoms with E-state index in [0.717, 1.165) is 49.7 Å². The van der Waals surface area contributed by atoms with E-state index in [0.29, 0.717) is 37.6 Å². The molecule has 0 unspecified atom stereocenters. The third-order valence-corrected chi connectivity index (χ3v) is 4.34. The number of rotatable bonds is 14. The fraction of sp³-hybridized carbons (Fsp3) is 0.636. The van der Waals surface area contributed by atoms with Crippen LogP contribution in [0.5, 0.6) is 11.5 Å². The summed E-state index contributed by atoms with van der Waals surface area (Å²) < 4.78 is 20.9. The summed E-state index contributed by atoms with van der Waals surface area (Å²) in [6.45, 7) is 5.11.